The van der Waals surface area contributed by atoms with E-state index >= 15 is 0 Å². The van der Waals surface area contributed by atoms with E-state index in [1.54, 1.807) is 0 Å². The van der Waals surface area contributed by atoms with E-state index in [1.165, 1.54) is 25.7 Å². The fraction of sp³-hybridized carbons (Fsp3) is 0.944. The molecule has 3 fully saturated rings. The maximum absolute atomic E-state index is 12.9. The second kappa shape index (κ2) is 7.09. The number of fused-ring (bicyclic) bond motifs is 2. The lowest BCUT2D eigenvalue weighted by Crippen LogP contribution is -2.57. The van der Waals surface area contributed by atoms with Gasteiger partial charge in [0.1, 0.15) is 0 Å². The molecule has 3 aliphatic carbocycles. The van der Waals surface area contributed by atoms with Crippen LogP contribution in [0.25, 0.3) is 0 Å². The van der Waals surface area contributed by atoms with Gasteiger partial charge in [-0.1, -0.05) is 26.7 Å². The summed E-state index contributed by atoms with van der Waals surface area (Å²) in [7, 11) is 0. The Morgan fingerprint density at radius 1 is 1.18 bits per heavy atom. The second-order valence-electron chi connectivity index (χ2n) is 8.41. The van der Waals surface area contributed by atoms with Crippen LogP contribution < -0.4 is 11.1 Å². The van der Waals surface area contributed by atoms with Crippen molar-refractivity contribution in [2.24, 2.45) is 28.9 Å². The second-order valence-corrected chi connectivity index (χ2v) is 8.41. The number of carbonyl (C=O) groups excluding carboxylic acids is 1. The quantitative estimate of drug-likeness (QED) is 0.827. The Morgan fingerprint density at radius 3 is 2.23 bits per heavy atom. The van der Waals surface area contributed by atoms with Crippen LogP contribution in [0.5, 0.6) is 0 Å². The maximum atomic E-state index is 12.9. The summed E-state index contributed by atoms with van der Waals surface area (Å²) in [5, 5.41) is 3.50. The first-order valence-electron chi connectivity index (χ1n) is 9.07. The summed E-state index contributed by atoms with van der Waals surface area (Å²) in [6.07, 6.45) is 10.5. The lowest BCUT2D eigenvalue weighted by Gasteiger charge is -2.48. The summed E-state index contributed by atoms with van der Waals surface area (Å²) in [6, 6.07) is 0.775. The zero-order valence-corrected chi connectivity index (χ0v) is 15.0. The molecular formula is C18H33ClN2O. The normalized spacial score (nSPS) is 36.2. The molecule has 0 radical (unpaired) electrons. The monoisotopic (exact) mass is 328 g/mol. The highest BCUT2D eigenvalue weighted by atomic mass is 35.5. The van der Waals surface area contributed by atoms with Gasteiger partial charge < -0.3 is 11.1 Å². The standard InChI is InChI=1S/C18H32N2O.ClH/c1-12(2)11-18(7-4-8-18)17(21)20-16-13-5-3-6-14(16)10-15(19)9-13;/h12-16H,3-11,19H2,1-2H3,(H,20,21);1H. The molecule has 1 amide bonds. The van der Waals surface area contributed by atoms with Crippen LogP contribution in [0.4, 0.5) is 0 Å². The van der Waals surface area contributed by atoms with E-state index in [0.29, 0.717) is 35.7 Å². The summed E-state index contributed by atoms with van der Waals surface area (Å²) >= 11 is 0. The third-order valence-corrected chi connectivity index (χ3v) is 6.27. The van der Waals surface area contributed by atoms with Crippen LogP contribution in [0.3, 0.4) is 0 Å². The molecular weight excluding hydrogens is 296 g/mol. The largest absolute Gasteiger partial charge is 0.352 e. The number of hydrogen-bond acceptors (Lipinski definition) is 2. The molecule has 0 aromatic rings. The van der Waals surface area contributed by atoms with Gasteiger partial charge in [0, 0.05) is 17.5 Å². The molecule has 22 heavy (non-hydrogen) atoms. The van der Waals surface area contributed by atoms with Crippen molar-refractivity contribution < 1.29 is 4.79 Å². The summed E-state index contributed by atoms with van der Waals surface area (Å²) in [5.41, 5.74) is 6.15. The topological polar surface area (TPSA) is 55.1 Å². The van der Waals surface area contributed by atoms with Crippen LogP contribution >= 0.6 is 12.4 Å². The lowest BCUT2D eigenvalue weighted by molar-refractivity contribution is -0.139. The highest BCUT2D eigenvalue weighted by Gasteiger charge is 2.47. The summed E-state index contributed by atoms with van der Waals surface area (Å²) in [6.45, 7) is 4.48. The lowest BCUT2D eigenvalue weighted by atomic mass is 9.62. The molecule has 0 heterocycles. The Balaban J connectivity index is 0.00000176. The van der Waals surface area contributed by atoms with Gasteiger partial charge in [0.2, 0.25) is 5.91 Å². The summed E-state index contributed by atoms with van der Waals surface area (Å²) < 4.78 is 0. The minimum atomic E-state index is -0.0397. The van der Waals surface area contributed by atoms with Crippen LogP contribution in [-0.2, 0) is 4.79 Å². The Labute approximate surface area is 141 Å². The molecule has 128 valence electrons. The van der Waals surface area contributed by atoms with E-state index in [9.17, 15) is 4.79 Å². The number of nitrogens with one attached hydrogen (secondary N) is 1. The van der Waals surface area contributed by atoms with Gasteiger partial charge in [-0.2, -0.15) is 0 Å². The number of hydrogen-bond donors (Lipinski definition) is 2. The van der Waals surface area contributed by atoms with Gasteiger partial charge in [-0.15, -0.1) is 12.4 Å². The van der Waals surface area contributed by atoms with Gasteiger partial charge in [0.15, 0.2) is 0 Å². The average molecular weight is 329 g/mol. The summed E-state index contributed by atoms with van der Waals surface area (Å²) in [4.78, 5) is 12.9. The molecule has 0 aliphatic heterocycles. The van der Waals surface area contributed by atoms with Gasteiger partial charge in [0.25, 0.3) is 0 Å². The van der Waals surface area contributed by atoms with Gasteiger partial charge in [-0.3, -0.25) is 4.79 Å². The zero-order chi connectivity index (χ0) is 15.0. The smallest absolute Gasteiger partial charge is 0.226 e. The van der Waals surface area contributed by atoms with Crippen molar-refractivity contribution in [1.82, 2.24) is 5.32 Å². The number of halogens is 1. The number of carbonyl (C=O) groups is 1. The molecule has 0 aromatic carbocycles. The molecule has 3 N–H and O–H groups in total. The van der Waals surface area contributed by atoms with E-state index in [0.717, 1.165) is 32.1 Å². The molecule has 0 spiro atoms. The molecule has 2 unspecified atom stereocenters. The van der Waals surface area contributed by atoms with Gasteiger partial charge >= 0.3 is 0 Å². The number of rotatable bonds is 4. The SMILES string of the molecule is CC(C)CC1(C(=O)NC2C3CCCC2CC(N)C3)CCC1.Cl. The Bertz CT molecular complexity index is 381. The summed E-state index contributed by atoms with van der Waals surface area (Å²) in [5.74, 6) is 2.23. The zero-order valence-electron chi connectivity index (χ0n) is 14.1. The van der Waals surface area contributed by atoms with Crippen molar-refractivity contribution in [3.05, 3.63) is 0 Å². The molecule has 2 atom stereocenters. The van der Waals surface area contributed by atoms with Crippen LogP contribution in [-0.4, -0.2) is 18.0 Å². The van der Waals surface area contributed by atoms with Crippen molar-refractivity contribution >= 4 is 18.3 Å². The van der Waals surface area contributed by atoms with E-state index in [1.807, 2.05) is 0 Å². The van der Waals surface area contributed by atoms with Crippen LogP contribution in [0, 0.1) is 23.2 Å². The molecule has 0 aromatic heterocycles. The molecule has 3 aliphatic rings. The number of nitrogens with two attached hydrogens (primary N) is 1. The first-order chi connectivity index (χ1) is 10.00. The van der Waals surface area contributed by atoms with Crippen LogP contribution in [0.2, 0.25) is 0 Å². The minimum absolute atomic E-state index is 0. The molecule has 0 saturated heterocycles. The van der Waals surface area contributed by atoms with Crippen molar-refractivity contribution in [2.45, 2.75) is 83.7 Å². The fourth-order valence-electron chi connectivity index (χ4n) is 5.24. The van der Waals surface area contributed by atoms with E-state index < -0.39 is 0 Å². The highest BCUT2D eigenvalue weighted by Crippen LogP contribution is 2.47. The minimum Gasteiger partial charge on any atom is -0.352 e. The predicted octanol–water partition coefficient (Wildman–Crippen LogP) is 3.65. The third-order valence-electron chi connectivity index (χ3n) is 6.27. The molecule has 3 saturated carbocycles. The van der Waals surface area contributed by atoms with E-state index in [2.05, 4.69) is 19.2 Å². The van der Waals surface area contributed by atoms with E-state index in [4.69, 9.17) is 5.73 Å². The van der Waals surface area contributed by atoms with Crippen LogP contribution in [0.15, 0.2) is 0 Å². The van der Waals surface area contributed by atoms with Crippen LogP contribution in [0.1, 0.15) is 71.6 Å². The first kappa shape index (κ1) is 18.1. The fourth-order valence-corrected chi connectivity index (χ4v) is 5.24. The van der Waals surface area contributed by atoms with Gasteiger partial charge in [-0.25, -0.2) is 0 Å². The highest BCUT2D eigenvalue weighted by molar-refractivity contribution is 5.85. The van der Waals surface area contributed by atoms with Gasteiger partial charge in [0.05, 0.1) is 0 Å². The molecule has 4 heteroatoms. The van der Waals surface area contributed by atoms with E-state index in [-0.39, 0.29) is 17.8 Å². The molecule has 2 bridgehead atoms. The predicted molar refractivity (Wildman–Crippen MR) is 93.0 cm³/mol. The molecule has 3 nitrogen and oxygen atoms in total. The third kappa shape index (κ3) is 3.46. The van der Waals surface area contributed by atoms with Crippen molar-refractivity contribution in [3.8, 4) is 0 Å². The van der Waals surface area contributed by atoms with Crippen molar-refractivity contribution in [1.29, 1.82) is 0 Å². The Morgan fingerprint density at radius 2 is 1.77 bits per heavy atom. The Hall–Kier alpha value is -0.280. The van der Waals surface area contributed by atoms with Gasteiger partial charge in [-0.05, 0) is 62.7 Å². The Kier molecular flexibility index (Phi) is 5.82. The average Bonchev–Trinajstić information content (AvgIpc) is 2.34. The van der Waals surface area contributed by atoms with Crippen molar-refractivity contribution in [3.63, 3.8) is 0 Å². The number of amides is 1. The first-order valence-corrected chi connectivity index (χ1v) is 9.07. The van der Waals surface area contributed by atoms with Crippen molar-refractivity contribution in [2.75, 3.05) is 0 Å². The maximum Gasteiger partial charge on any atom is 0.226 e. The molecule has 3 rings (SSSR count).